The van der Waals surface area contributed by atoms with Gasteiger partial charge in [0, 0.05) is 25.0 Å². The second kappa shape index (κ2) is 9.45. The van der Waals surface area contributed by atoms with Crippen LogP contribution in [0, 0.1) is 11.2 Å². The van der Waals surface area contributed by atoms with Gasteiger partial charge in [0.2, 0.25) is 13.8 Å². The minimum atomic E-state index is -4.53. The molecule has 1 spiro atoms. The largest absolute Gasteiger partial charge is 0.503 e. The van der Waals surface area contributed by atoms with Gasteiger partial charge in [-0.3, -0.25) is 0 Å². The molecule has 34 heavy (non-hydrogen) atoms. The van der Waals surface area contributed by atoms with Crippen LogP contribution in [-0.4, -0.2) is 58.1 Å². The number of alkyl halides is 3. The second-order valence-electron chi connectivity index (χ2n) is 9.06. The molecule has 2 heterocycles. The Kier molecular flexibility index (Phi) is 6.92. The lowest BCUT2D eigenvalue weighted by Gasteiger charge is -2.16. The first-order chi connectivity index (χ1) is 16.1. The van der Waals surface area contributed by atoms with Gasteiger partial charge >= 0.3 is 6.18 Å². The molecule has 4 rings (SSSR count). The number of nitrogens with zero attached hydrogens (tertiary/aromatic N) is 4. The Labute approximate surface area is 201 Å². The first kappa shape index (κ1) is 24.9. The molecule has 2 aromatic rings. The van der Waals surface area contributed by atoms with Crippen LogP contribution in [0.2, 0.25) is 0 Å². The molecule has 2 N–H and O–H groups in total. The standard InChI is InChI=1S/C22H26BF4N5OS/c1-13(28-23)18(33)19-29-30-20(31(19)2)34-9-3-7-32-8-6-21(12-32)11-16(21)15-5-4-14(10-17(15)24)22(25,26)27/h4-5,10,16,28,33H,3,6-9,11-12H2,1-2H3/b18-13-/t16-,21+/m1/s1. The summed E-state index contributed by atoms with van der Waals surface area (Å²) in [7, 11) is 7.10. The predicted octanol–water partition coefficient (Wildman–Crippen LogP) is 4.25. The molecule has 182 valence electrons. The molecule has 1 aromatic carbocycles. The third-order valence-electron chi connectivity index (χ3n) is 6.83. The zero-order valence-corrected chi connectivity index (χ0v) is 19.8. The van der Waals surface area contributed by atoms with Crippen molar-refractivity contribution in [1.29, 1.82) is 0 Å². The van der Waals surface area contributed by atoms with Gasteiger partial charge in [-0.05, 0) is 68.3 Å². The topological polar surface area (TPSA) is 66.2 Å². The van der Waals surface area contributed by atoms with E-state index >= 15 is 0 Å². The van der Waals surface area contributed by atoms with Crippen LogP contribution in [0.4, 0.5) is 17.6 Å². The number of halogens is 4. The molecule has 2 aliphatic rings. The van der Waals surface area contributed by atoms with Crippen molar-refractivity contribution in [2.24, 2.45) is 12.5 Å². The van der Waals surface area contributed by atoms with Crippen molar-refractivity contribution in [3.05, 3.63) is 46.7 Å². The van der Waals surface area contributed by atoms with Gasteiger partial charge in [-0.25, -0.2) is 4.39 Å². The number of benzene rings is 1. The Morgan fingerprint density at radius 2 is 2.12 bits per heavy atom. The summed E-state index contributed by atoms with van der Waals surface area (Å²) in [6.45, 7) is 4.25. The number of aliphatic hydroxyl groups excluding tert-OH is 1. The second-order valence-corrected chi connectivity index (χ2v) is 10.1. The number of aromatic nitrogens is 3. The zero-order chi connectivity index (χ0) is 24.7. The van der Waals surface area contributed by atoms with Gasteiger partial charge < -0.3 is 19.8 Å². The SMILES string of the molecule is [B]N/C(C)=C(\O)c1nnc(SCCCN2CC[C@]3(C[C@@H]3c3ccc(C(F)(F)F)cc3F)C2)n1C. The molecular weight excluding hydrogens is 469 g/mol. The summed E-state index contributed by atoms with van der Waals surface area (Å²) in [5.74, 6) is 0.307. The molecule has 1 saturated heterocycles. The van der Waals surface area contributed by atoms with E-state index in [1.165, 1.54) is 6.07 Å². The number of thioether (sulfide) groups is 1. The summed E-state index contributed by atoms with van der Waals surface area (Å²) >= 11 is 1.54. The van der Waals surface area contributed by atoms with E-state index in [2.05, 4.69) is 20.3 Å². The summed E-state index contributed by atoms with van der Waals surface area (Å²) in [6.07, 6.45) is -1.88. The maximum Gasteiger partial charge on any atom is 0.416 e. The molecular formula is C22H26BF4N5OS. The molecule has 2 fully saturated rings. The van der Waals surface area contributed by atoms with E-state index in [9.17, 15) is 22.7 Å². The van der Waals surface area contributed by atoms with Gasteiger partial charge in [-0.1, -0.05) is 17.8 Å². The van der Waals surface area contributed by atoms with E-state index in [0.717, 1.165) is 50.7 Å². The highest BCUT2D eigenvalue weighted by Gasteiger charge is 2.58. The summed E-state index contributed by atoms with van der Waals surface area (Å²) in [5, 5.41) is 21.4. The molecule has 1 aliphatic carbocycles. The maximum absolute atomic E-state index is 14.4. The van der Waals surface area contributed by atoms with Crippen molar-refractivity contribution in [1.82, 2.24) is 24.9 Å². The van der Waals surface area contributed by atoms with Crippen LogP contribution in [0.5, 0.6) is 0 Å². The highest BCUT2D eigenvalue weighted by Crippen LogP contribution is 2.64. The summed E-state index contributed by atoms with van der Waals surface area (Å²) in [4.78, 5) is 2.34. The lowest BCUT2D eigenvalue weighted by Crippen LogP contribution is -2.23. The average molecular weight is 495 g/mol. The Bertz CT molecular complexity index is 1090. The predicted molar refractivity (Wildman–Crippen MR) is 123 cm³/mol. The Balaban J connectivity index is 1.26. The van der Waals surface area contributed by atoms with Crippen molar-refractivity contribution in [2.45, 2.75) is 43.4 Å². The summed E-state index contributed by atoms with van der Waals surface area (Å²) in [5.41, 5.74) is -0.169. The molecule has 0 amide bonds. The molecule has 0 bridgehead atoms. The van der Waals surface area contributed by atoms with E-state index in [1.807, 2.05) is 0 Å². The van der Waals surface area contributed by atoms with Crippen LogP contribution in [0.1, 0.15) is 49.1 Å². The fourth-order valence-electron chi connectivity index (χ4n) is 4.73. The molecule has 0 unspecified atom stereocenters. The number of hydrogen-bond donors (Lipinski definition) is 2. The van der Waals surface area contributed by atoms with Gasteiger partial charge in [0.05, 0.1) is 5.56 Å². The van der Waals surface area contributed by atoms with Crippen LogP contribution < -0.4 is 5.23 Å². The highest BCUT2D eigenvalue weighted by molar-refractivity contribution is 7.99. The van der Waals surface area contributed by atoms with Crippen molar-refractivity contribution in [3.8, 4) is 0 Å². The van der Waals surface area contributed by atoms with Crippen LogP contribution >= 0.6 is 11.8 Å². The fraction of sp³-hybridized carbons (Fsp3) is 0.545. The minimum absolute atomic E-state index is 0.0154. The van der Waals surface area contributed by atoms with Gasteiger partial charge in [0.15, 0.2) is 10.9 Å². The monoisotopic (exact) mass is 495 g/mol. The molecule has 1 aliphatic heterocycles. The smallest absolute Gasteiger partial charge is 0.416 e. The normalized spacial score (nSPS) is 23.4. The van der Waals surface area contributed by atoms with E-state index in [1.54, 1.807) is 30.3 Å². The number of allylic oxidation sites excluding steroid dienone is 1. The first-order valence-electron chi connectivity index (χ1n) is 11.0. The Morgan fingerprint density at radius 1 is 1.35 bits per heavy atom. The van der Waals surface area contributed by atoms with Crippen molar-refractivity contribution in [3.63, 3.8) is 0 Å². The fourth-order valence-corrected chi connectivity index (χ4v) is 5.57. The quantitative estimate of drug-likeness (QED) is 0.188. The van der Waals surface area contributed by atoms with Crippen LogP contribution in [0.15, 0.2) is 29.1 Å². The van der Waals surface area contributed by atoms with Crippen LogP contribution in [0.25, 0.3) is 5.76 Å². The average Bonchev–Trinajstić information content (AvgIpc) is 3.12. The summed E-state index contributed by atoms with van der Waals surface area (Å²) in [6, 6.07) is 2.91. The van der Waals surface area contributed by atoms with E-state index in [4.69, 9.17) is 7.98 Å². The first-order valence-corrected chi connectivity index (χ1v) is 12.0. The lowest BCUT2D eigenvalue weighted by atomic mass is 9.97. The molecule has 2 radical (unpaired) electrons. The van der Waals surface area contributed by atoms with Crippen molar-refractivity contribution >= 4 is 25.5 Å². The number of likely N-dealkylation sites (tertiary alicyclic amines) is 1. The van der Waals surface area contributed by atoms with Gasteiger partial charge in [0.25, 0.3) is 0 Å². The highest BCUT2D eigenvalue weighted by atomic mass is 32.2. The third-order valence-corrected chi connectivity index (χ3v) is 7.93. The van der Waals surface area contributed by atoms with E-state index < -0.39 is 17.6 Å². The third kappa shape index (κ3) is 4.93. The number of nitrogens with one attached hydrogen (secondary N) is 1. The van der Waals surface area contributed by atoms with Crippen molar-refractivity contribution in [2.75, 3.05) is 25.4 Å². The van der Waals surface area contributed by atoms with Gasteiger partial charge in [0.1, 0.15) is 5.82 Å². The molecule has 1 saturated carbocycles. The molecule has 1 aromatic heterocycles. The maximum atomic E-state index is 14.4. The Morgan fingerprint density at radius 3 is 2.79 bits per heavy atom. The molecule has 12 heteroatoms. The molecule has 2 atom stereocenters. The van der Waals surface area contributed by atoms with Gasteiger partial charge in [-0.15, -0.1) is 10.2 Å². The lowest BCUT2D eigenvalue weighted by molar-refractivity contribution is -0.137. The zero-order valence-electron chi connectivity index (χ0n) is 19.0. The van der Waals surface area contributed by atoms with E-state index in [0.29, 0.717) is 28.3 Å². The summed E-state index contributed by atoms with van der Waals surface area (Å²) < 4.78 is 54.6. The van der Waals surface area contributed by atoms with E-state index in [-0.39, 0.29) is 17.1 Å². The number of rotatable bonds is 8. The van der Waals surface area contributed by atoms with Crippen molar-refractivity contribution < 1.29 is 22.7 Å². The number of hydrogen-bond acceptors (Lipinski definition) is 6. The van der Waals surface area contributed by atoms with Crippen LogP contribution in [-0.2, 0) is 13.2 Å². The van der Waals surface area contributed by atoms with Crippen LogP contribution in [0.3, 0.4) is 0 Å². The molecule has 6 nitrogen and oxygen atoms in total. The van der Waals surface area contributed by atoms with Gasteiger partial charge in [-0.2, -0.15) is 13.2 Å². The minimum Gasteiger partial charge on any atom is -0.503 e. The number of aliphatic hydroxyl groups is 1. The Hall–Kier alpha value is -2.21.